The fourth-order valence-electron chi connectivity index (χ4n) is 4.38. The summed E-state index contributed by atoms with van der Waals surface area (Å²) in [6.45, 7) is 1.97. The number of carbonyl (C=O) groups is 1. The zero-order valence-electron chi connectivity index (χ0n) is 19.3. The minimum Gasteiger partial charge on any atom is -0.361 e. The number of thioether (sulfide) groups is 1. The number of hydrogen-bond donors (Lipinski definition) is 1. The lowest BCUT2D eigenvalue weighted by Crippen LogP contribution is -2.42. The lowest BCUT2D eigenvalue weighted by atomic mass is 10.1. The quantitative estimate of drug-likeness (QED) is 0.454. The molecule has 5 rings (SSSR count). The van der Waals surface area contributed by atoms with Crippen molar-refractivity contribution >= 4 is 51.4 Å². The summed E-state index contributed by atoms with van der Waals surface area (Å²) < 4.78 is 42.0. The number of rotatable bonds is 4. The zero-order chi connectivity index (χ0) is 25.4. The summed E-state index contributed by atoms with van der Waals surface area (Å²) in [6, 6.07) is 9.51. The first kappa shape index (κ1) is 24.9. The summed E-state index contributed by atoms with van der Waals surface area (Å²) in [5.41, 5.74) is 0.780. The molecule has 0 spiro atoms. The number of amidine groups is 1. The van der Waals surface area contributed by atoms with E-state index in [1.165, 1.54) is 28.6 Å². The van der Waals surface area contributed by atoms with Gasteiger partial charge in [-0.05, 0) is 86.2 Å². The van der Waals surface area contributed by atoms with Gasteiger partial charge in [0.1, 0.15) is 0 Å². The Labute approximate surface area is 215 Å². The minimum absolute atomic E-state index is 0.0297. The molecule has 2 aromatic carbocycles. The van der Waals surface area contributed by atoms with E-state index in [4.69, 9.17) is 11.6 Å². The molecule has 1 aromatic heterocycles. The van der Waals surface area contributed by atoms with Crippen LogP contribution in [0.25, 0.3) is 17.0 Å². The maximum atomic E-state index is 13.5. The number of nitrogens with zero attached hydrogens (tertiary/aromatic N) is 4. The third-order valence-electron chi connectivity index (χ3n) is 6.33. The number of aliphatic imine (C=N–C) groups is 1. The van der Waals surface area contributed by atoms with Gasteiger partial charge in [-0.15, -0.1) is 0 Å². The van der Waals surface area contributed by atoms with Crippen LogP contribution in [0.5, 0.6) is 0 Å². The molecule has 188 valence electrons. The Hall–Kier alpha value is -2.82. The van der Waals surface area contributed by atoms with Crippen LogP contribution >= 0.6 is 23.4 Å². The number of aromatic nitrogens is 2. The van der Waals surface area contributed by atoms with Gasteiger partial charge in [-0.3, -0.25) is 9.48 Å². The number of hydrogen-bond acceptors (Lipinski definition) is 5. The highest BCUT2D eigenvalue weighted by atomic mass is 35.5. The molecule has 3 heterocycles. The SMILES string of the molecule is CN1CCC(NC2=NC(=O)C(=Cc3ccc4c(cnn4Cc4ccc(Cl)cc4C(F)(F)F)c3)S2)CC1. The van der Waals surface area contributed by atoms with E-state index in [0.717, 1.165) is 42.9 Å². The number of fused-ring (bicyclic) bond motifs is 1. The van der Waals surface area contributed by atoms with Crippen LogP contribution in [0.4, 0.5) is 13.2 Å². The minimum atomic E-state index is -4.52. The predicted molar refractivity (Wildman–Crippen MR) is 137 cm³/mol. The molecule has 2 aliphatic rings. The van der Waals surface area contributed by atoms with Crippen molar-refractivity contribution < 1.29 is 18.0 Å². The third-order valence-corrected chi connectivity index (χ3v) is 7.48. The van der Waals surface area contributed by atoms with Gasteiger partial charge < -0.3 is 10.2 Å². The van der Waals surface area contributed by atoms with E-state index in [-0.39, 0.29) is 23.0 Å². The maximum absolute atomic E-state index is 13.5. The molecule has 11 heteroatoms. The first-order chi connectivity index (χ1) is 17.2. The van der Waals surface area contributed by atoms with Crippen LogP contribution in [0.15, 0.2) is 52.5 Å². The second kappa shape index (κ2) is 9.91. The number of amides is 1. The van der Waals surface area contributed by atoms with Crippen LogP contribution in [-0.2, 0) is 17.5 Å². The molecule has 1 amide bonds. The second-order valence-corrected chi connectivity index (χ2v) is 10.4. The summed E-state index contributed by atoms with van der Waals surface area (Å²) >= 11 is 7.12. The van der Waals surface area contributed by atoms with Crippen molar-refractivity contribution in [1.82, 2.24) is 20.0 Å². The van der Waals surface area contributed by atoms with Crippen LogP contribution in [0.3, 0.4) is 0 Å². The van der Waals surface area contributed by atoms with Gasteiger partial charge in [0.25, 0.3) is 5.91 Å². The Morgan fingerprint density at radius 1 is 1.19 bits per heavy atom. The number of halogens is 4. The Morgan fingerprint density at radius 2 is 1.97 bits per heavy atom. The average molecular weight is 534 g/mol. The summed E-state index contributed by atoms with van der Waals surface area (Å²) in [6.07, 6.45) is 0.872. The Balaban J connectivity index is 1.31. The van der Waals surface area contributed by atoms with Gasteiger partial charge >= 0.3 is 6.18 Å². The van der Waals surface area contributed by atoms with Crippen molar-refractivity contribution in [3.63, 3.8) is 0 Å². The van der Waals surface area contributed by atoms with Gasteiger partial charge in [0.05, 0.1) is 28.7 Å². The first-order valence-electron chi connectivity index (χ1n) is 11.4. The molecule has 1 saturated heterocycles. The topological polar surface area (TPSA) is 62.5 Å². The van der Waals surface area contributed by atoms with Crippen molar-refractivity contribution in [3.8, 4) is 0 Å². The number of nitrogens with one attached hydrogen (secondary N) is 1. The van der Waals surface area contributed by atoms with E-state index in [2.05, 4.69) is 27.4 Å². The molecule has 2 aliphatic heterocycles. The molecule has 1 N–H and O–H groups in total. The van der Waals surface area contributed by atoms with Crippen molar-refractivity contribution in [3.05, 3.63) is 69.2 Å². The fraction of sp³-hybridized carbons (Fsp3) is 0.320. The van der Waals surface area contributed by atoms with Gasteiger partial charge in [0, 0.05) is 16.5 Å². The zero-order valence-corrected chi connectivity index (χ0v) is 20.9. The molecular formula is C25H23ClF3N5OS. The molecule has 6 nitrogen and oxygen atoms in total. The van der Waals surface area contributed by atoms with Gasteiger partial charge in [0.2, 0.25) is 0 Å². The van der Waals surface area contributed by atoms with E-state index in [9.17, 15) is 18.0 Å². The standard InChI is InChI=1S/C25H23ClF3N5OS/c1-33-8-6-19(7-9-33)31-24-32-23(35)22(36-24)11-15-2-5-21-17(10-15)13-30-34(21)14-16-3-4-18(26)12-20(16)25(27,28)29/h2-5,10-13,19H,6-9,14H2,1H3,(H,31,32,35). The van der Waals surface area contributed by atoms with Gasteiger partial charge in [-0.1, -0.05) is 23.7 Å². The molecule has 0 radical (unpaired) electrons. The van der Waals surface area contributed by atoms with Crippen LogP contribution in [0, 0.1) is 0 Å². The van der Waals surface area contributed by atoms with E-state index < -0.39 is 11.7 Å². The Morgan fingerprint density at radius 3 is 2.72 bits per heavy atom. The van der Waals surface area contributed by atoms with Crippen LogP contribution in [0.2, 0.25) is 5.02 Å². The molecule has 36 heavy (non-hydrogen) atoms. The number of benzene rings is 2. The monoisotopic (exact) mass is 533 g/mol. The van der Waals surface area contributed by atoms with Crippen LogP contribution < -0.4 is 5.32 Å². The summed E-state index contributed by atoms with van der Waals surface area (Å²) in [7, 11) is 2.10. The van der Waals surface area contributed by atoms with E-state index in [1.807, 2.05) is 12.1 Å². The fourth-order valence-corrected chi connectivity index (χ4v) is 5.45. The highest BCUT2D eigenvalue weighted by Crippen LogP contribution is 2.35. The summed E-state index contributed by atoms with van der Waals surface area (Å²) in [5, 5.41) is 9.09. The molecular weight excluding hydrogens is 511 g/mol. The van der Waals surface area contributed by atoms with Crippen LogP contribution in [-0.4, -0.2) is 51.9 Å². The van der Waals surface area contributed by atoms with Crippen molar-refractivity contribution in [2.75, 3.05) is 20.1 Å². The second-order valence-electron chi connectivity index (χ2n) is 8.97. The van der Waals surface area contributed by atoms with Crippen molar-refractivity contribution in [2.24, 2.45) is 4.99 Å². The van der Waals surface area contributed by atoms with E-state index in [1.54, 1.807) is 18.3 Å². The molecule has 0 atom stereocenters. The number of piperidine rings is 1. The lowest BCUT2D eigenvalue weighted by Gasteiger charge is -2.29. The maximum Gasteiger partial charge on any atom is 0.416 e. The van der Waals surface area contributed by atoms with Gasteiger partial charge in [-0.25, -0.2) is 0 Å². The molecule has 3 aromatic rings. The van der Waals surface area contributed by atoms with Gasteiger partial charge in [0.15, 0.2) is 5.17 Å². The first-order valence-corrected chi connectivity index (χ1v) is 12.6. The highest BCUT2D eigenvalue weighted by molar-refractivity contribution is 8.18. The lowest BCUT2D eigenvalue weighted by molar-refractivity contribution is -0.138. The molecule has 0 aliphatic carbocycles. The highest BCUT2D eigenvalue weighted by Gasteiger charge is 2.33. The normalized spacial score (nSPS) is 18.9. The molecule has 0 unspecified atom stereocenters. The smallest absolute Gasteiger partial charge is 0.361 e. The van der Waals surface area contributed by atoms with E-state index in [0.29, 0.717) is 21.6 Å². The summed E-state index contributed by atoms with van der Waals surface area (Å²) in [4.78, 5) is 19.4. The van der Waals surface area contributed by atoms with E-state index >= 15 is 0 Å². The molecule has 0 bridgehead atoms. The Bertz CT molecular complexity index is 1380. The summed E-state index contributed by atoms with van der Waals surface area (Å²) in [5.74, 6) is -0.284. The predicted octanol–water partition coefficient (Wildman–Crippen LogP) is 5.41. The Kier molecular flexibility index (Phi) is 6.84. The largest absolute Gasteiger partial charge is 0.416 e. The van der Waals surface area contributed by atoms with Crippen molar-refractivity contribution in [1.29, 1.82) is 0 Å². The number of alkyl halides is 3. The van der Waals surface area contributed by atoms with Crippen LogP contribution in [0.1, 0.15) is 29.5 Å². The molecule has 1 fully saturated rings. The third kappa shape index (κ3) is 5.45. The molecule has 0 saturated carbocycles. The van der Waals surface area contributed by atoms with Gasteiger partial charge in [-0.2, -0.15) is 23.3 Å². The number of carbonyl (C=O) groups excluding carboxylic acids is 1. The number of likely N-dealkylation sites (tertiary alicyclic amines) is 1. The average Bonchev–Trinajstić information content (AvgIpc) is 3.38. The van der Waals surface area contributed by atoms with Crippen molar-refractivity contribution in [2.45, 2.75) is 31.6 Å².